The standard InChI is InChI=1S/C23H19N3O6/c1-31-18-10-12(26(29)30)2-4-14(18)17-7-3-13(32-17)11-24-25-21(27)19-15-5-6-16(20(19)22(25)28)23(15)8-9-23/h2-7,10-11,15-16,19-20H,8-9H2,1H3. The molecule has 162 valence electrons. The number of rotatable bonds is 5. The molecule has 2 saturated carbocycles. The number of hydrogen-bond acceptors (Lipinski definition) is 7. The number of methoxy groups -OCH3 is 1. The molecule has 2 heterocycles. The van der Waals surface area contributed by atoms with E-state index in [0.717, 1.165) is 17.9 Å². The Hall–Kier alpha value is -3.75. The number of nitro benzene ring substituents is 1. The molecule has 3 fully saturated rings. The molecule has 9 heteroatoms. The summed E-state index contributed by atoms with van der Waals surface area (Å²) in [6.45, 7) is 0. The topological polar surface area (TPSA) is 115 Å². The average molecular weight is 433 g/mol. The van der Waals surface area contributed by atoms with Crippen LogP contribution in [-0.4, -0.2) is 35.1 Å². The van der Waals surface area contributed by atoms with Crippen molar-refractivity contribution in [3.63, 3.8) is 0 Å². The second-order valence-electron chi connectivity index (χ2n) is 8.80. The highest BCUT2D eigenvalue weighted by Crippen LogP contribution is 2.73. The van der Waals surface area contributed by atoms with Crippen LogP contribution in [0.5, 0.6) is 5.75 Å². The molecule has 4 aliphatic rings. The predicted octanol–water partition coefficient (Wildman–Crippen LogP) is 3.39. The molecule has 32 heavy (non-hydrogen) atoms. The van der Waals surface area contributed by atoms with E-state index >= 15 is 0 Å². The summed E-state index contributed by atoms with van der Waals surface area (Å²) in [5.74, 6) is 0.309. The van der Waals surface area contributed by atoms with Gasteiger partial charge in [0.05, 0.1) is 41.7 Å². The number of hydrazone groups is 1. The van der Waals surface area contributed by atoms with E-state index in [0.29, 0.717) is 22.8 Å². The third kappa shape index (κ3) is 2.41. The highest BCUT2D eigenvalue weighted by atomic mass is 16.6. The van der Waals surface area contributed by atoms with Crippen LogP contribution in [0, 0.1) is 39.2 Å². The molecule has 6 rings (SSSR count). The molecule has 2 bridgehead atoms. The first kappa shape index (κ1) is 19.0. The second-order valence-corrected chi connectivity index (χ2v) is 8.80. The fourth-order valence-corrected chi connectivity index (χ4v) is 5.86. The molecule has 2 amide bonds. The lowest BCUT2D eigenvalue weighted by molar-refractivity contribution is -0.384. The lowest BCUT2D eigenvalue weighted by Crippen LogP contribution is -2.30. The number of carbonyl (C=O) groups excluding carboxylic acids is 2. The quantitative estimate of drug-likeness (QED) is 0.235. The van der Waals surface area contributed by atoms with E-state index in [1.54, 1.807) is 18.2 Å². The predicted molar refractivity (Wildman–Crippen MR) is 112 cm³/mol. The first-order valence-corrected chi connectivity index (χ1v) is 10.5. The van der Waals surface area contributed by atoms with E-state index in [2.05, 4.69) is 17.3 Å². The molecule has 1 saturated heterocycles. The summed E-state index contributed by atoms with van der Waals surface area (Å²) in [6, 6.07) is 7.55. The molecular formula is C23H19N3O6. The minimum atomic E-state index is -0.501. The van der Waals surface area contributed by atoms with Crippen LogP contribution in [0.1, 0.15) is 18.6 Å². The summed E-state index contributed by atoms with van der Waals surface area (Å²) < 4.78 is 11.0. The molecule has 2 aromatic rings. The highest BCUT2D eigenvalue weighted by Gasteiger charge is 2.73. The van der Waals surface area contributed by atoms with Gasteiger partial charge in [-0.05, 0) is 48.3 Å². The summed E-state index contributed by atoms with van der Waals surface area (Å²) in [6.07, 6.45) is 7.77. The number of ether oxygens (including phenoxy) is 1. The van der Waals surface area contributed by atoms with Crippen molar-refractivity contribution in [3.05, 3.63) is 58.4 Å². The fourth-order valence-electron chi connectivity index (χ4n) is 5.86. The molecule has 1 aromatic heterocycles. The molecule has 0 N–H and O–H groups in total. The van der Waals surface area contributed by atoms with Gasteiger partial charge in [0, 0.05) is 6.07 Å². The zero-order chi connectivity index (χ0) is 22.2. The zero-order valence-corrected chi connectivity index (χ0v) is 17.1. The van der Waals surface area contributed by atoms with Crippen molar-refractivity contribution in [1.29, 1.82) is 0 Å². The summed E-state index contributed by atoms with van der Waals surface area (Å²) in [7, 11) is 1.42. The lowest BCUT2D eigenvalue weighted by atomic mass is 9.85. The number of imide groups is 1. The number of benzene rings is 1. The smallest absolute Gasteiger partial charge is 0.273 e. The number of nitrogens with zero attached hydrogens (tertiary/aromatic N) is 3. The Kier molecular flexibility index (Phi) is 3.78. The van der Waals surface area contributed by atoms with Gasteiger partial charge in [-0.1, -0.05) is 12.2 Å². The normalized spacial score (nSPS) is 28.8. The van der Waals surface area contributed by atoms with Gasteiger partial charge in [-0.15, -0.1) is 0 Å². The first-order valence-electron chi connectivity index (χ1n) is 10.5. The molecular weight excluding hydrogens is 414 g/mol. The molecule has 4 unspecified atom stereocenters. The van der Waals surface area contributed by atoms with Crippen molar-refractivity contribution in [3.8, 4) is 17.1 Å². The monoisotopic (exact) mass is 433 g/mol. The van der Waals surface area contributed by atoms with Gasteiger partial charge in [0.25, 0.3) is 17.5 Å². The number of carbonyl (C=O) groups is 2. The highest BCUT2D eigenvalue weighted by molar-refractivity contribution is 6.07. The Morgan fingerprint density at radius 3 is 2.44 bits per heavy atom. The summed E-state index contributed by atoms with van der Waals surface area (Å²) in [5.41, 5.74) is 0.598. The van der Waals surface area contributed by atoms with Gasteiger partial charge in [0.2, 0.25) is 0 Å². The Morgan fingerprint density at radius 1 is 1.16 bits per heavy atom. The van der Waals surface area contributed by atoms with E-state index < -0.39 is 4.92 Å². The minimum Gasteiger partial charge on any atom is -0.496 e. The van der Waals surface area contributed by atoms with Gasteiger partial charge in [0.15, 0.2) is 0 Å². The number of allylic oxidation sites excluding steroid dienone is 2. The van der Waals surface area contributed by atoms with Crippen LogP contribution in [0.15, 0.2) is 52.0 Å². The van der Waals surface area contributed by atoms with Gasteiger partial charge in [-0.25, -0.2) is 0 Å². The number of fused-ring (bicyclic) bond motifs is 3. The SMILES string of the molecule is COc1cc([N+](=O)[O-])ccc1-c1ccc(C=NN2C(=O)C3C(C2=O)C2C=CC3C23CC3)o1. The summed E-state index contributed by atoms with van der Waals surface area (Å²) in [5, 5.41) is 16.1. The van der Waals surface area contributed by atoms with E-state index in [9.17, 15) is 19.7 Å². The Morgan fingerprint density at radius 2 is 1.84 bits per heavy atom. The van der Waals surface area contributed by atoms with Crippen LogP contribution in [0.25, 0.3) is 11.3 Å². The van der Waals surface area contributed by atoms with Gasteiger partial charge in [0.1, 0.15) is 17.3 Å². The number of amides is 2. The minimum absolute atomic E-state index is 0.0908. The van der Waals surface area contributed by atoms with Crippen molar-refractivity contribution in [2.45, 2.75) is 12.8 Å². The van der Waals surface area contributed by atoms with Gasteiger partial charge in [-0.2, -0.15) is 10.1 Å². The molecule has 0 radical (unpaired) electrons. The largest absolute Gasteiger partial charge is 0.496 e. The van der Waals surface area contributed by atoms with Crippen molar-refractivity contribution in [1.82, 2.24) is 5.01 Å². The van der Waals surface area contributed by atoms with E-state index in [1.807, 2.05) is 0 Å². The van der Waals surface area contributed by atoms with Crippen molar-refractivity contribution < 1.29 is 23.7 Å². The summed E-state index contributed by atoms with van der Waals surface area (Å²) >= 11 is 0. The molecule has 1 aliphatic heterocycles. The second kappa shape index (κ2) is 6.38. The van der Waals surface area contributed by atoms with Gasteiger partial charge < -0.3 is 9.15 Å². The maximum Gasteiger partial charge on any atom is 0.273 e. The first-order chi connectivity index (χ1) is 15.4. The molecule has 1 aromatic carbocycles. The zero-order valence-electron chi connectivity index (χ0n) is 17.1. The Balaban J connectivity index is 1.23. The Bertz CT molecular complexity index is 1210. The van der Waals surface area contributed by atoms with E-state index in [-0.39, 0.29) is 46.6 Å². The van der Waals surface area contributed by atoms with Crippen LogP contribution < -0.4 is 4.74 Å². The van der Waals surface area contributed by atoms with E-state index in [4.69, 9.17) is 9.15 Å². The van der Waals surface area contributed by atoms with Crippen LogP contribution in [0.3, 0.4) is 0 Å². The van der Waals surface area contributed by atoms with Crippen LogP contribution >= 0.6 is 0 Å². The number of non-ortho nitro benzene ring substituents is 1. The van der Waals surface area contributed by atoms with Crippen LogP contribution in [0.2, 0.25) is 0 Å². The lowest BCUT2D eigenvalue weighted by Gasteiger charge is -2.18. The average Bonchev–Trinajstić information content (AvgIpc) is 3.08. The van der Waals surface area contributed by atoms with Crippen molar-refractivity contribution in [2.75, 3.05) is 7.11 Å². The van der Waals surface area contributed by atoms with Gasteiger partial charge in [-0.3, -0.25) is 19.7 Å². The van der Waals surface area contributed by atoms with Gasteiger partial charge >= 0.3 is 0 Å². The molecule has 1 spiro atoms. The molecule has 4 atom stereocenters. The third-order valence-corrected chi connectivity index (χ3v) is 7.42. The molecule has 9 nitrogen and oxygen atoms in total. The fraction of sp³-hybridized carbons (Fsp3) is 0.348. The van der Waals surface area contributed by atoms with Crippen LogP contribution in [0.4, 0.5) is 5.69 Å². The third-order valence-electron chi connectivity index (χ3n) is 7.42. The van der Waals surface area contributed by atoms with E-state index in [1.165, 1.54) is 25.5 Å². The number of furan rings is 1. The van der Waals surface area contributed by atoms with Crippen molar-refractivity contribution in [2.24, 2.45) is 34.2 Å². The number of nitro groups is 1. The maximum absolute atomic E-state index is 13.0. The Labute approximate surface area is 182 Å². The van der Waals surface area contributed by atoms with Crippen molar-refractivity contribution >= 4 is 23.7 Å². The molecule has 3 aliphatic carbocycles. The maximum atomic E-state index is 13.0. The summed E-state index contributed by atoms with van der Waals surface area (Å²) in [4.78, 5) is 36.4. The van der Waals surface area contributed by atoms with Crippen LogP contribution in [-0.2, 0) is 9.59 Å². The number of hydrogen-bond donors (Lipinski definition) is 0.